The van der Waals surface area contributed by atoms with Crippen LogP contribution in [0.15, 0.2) is 48.0 Å². The maximum atomic E-state index is 13.6. The van der Waals surface area contributed by atoms with E-state index >= 15 is 0 Å². The van der Waals surface area contributed by atoms with Crippen LogP contribution in [-0.2, 0) is 6.42 Å². The lowest BCUT2D eigenvalue weighted by molar-refractivity contribution is 0.104. The molecule has 19 heavy (non-hydrogen) atoms. The van der Waals surface area contributed by atoms with Crippen molar-refractivity contribution in [1.29, 1.82) is 0 Å². The first-order chi connectivity index (χ1) is 9.15. The fourth-order valence-corrected chi connectivity index (χ4v) is 2.28. The number of ketones is 1. The fourth-order valence-electron chi connectivity index (χ4n) is 2.28. The molecule has 0 saturated carbocycles. The summed E-state index contributed by atoms with van der Waals surface area (Å²) in [7, 11) is 0. The van der Waals surface area contributed by atoms with Crippen LogP contribution < -0.4 is 0 Å². The topological polar surface area (TPSA) is 17.1 Å². The van der Waals surface area contributed by atoms with Crippen molar-refractivity contribution < 1.29 is 13.6 Å². The Kier molecular flexibility index (Phi) is 2.75. The highest BCUT2D eigenvalue weighted by atomic mass is 19.1. The van der Waals surface area contributed by atoms with Crippen LogP contribution in [0.3, 0.4) is 0 Å². The summed E-state index contributed by atoms with van der Waals surface area (Å²) in [4.78, 5) is 12.1. The highest BCUT2D eigenvalue weighted by molar-refractivity contribution is 6.15. The van der Waals surface area contributed by atoms with Gasteiger partial charge in [0, 0.05) is 23.1 Å². The lowest BCUT2D eigenvalue weighted by Crippen LogP contribution is -1.96. The van der Waals surface area contributed by atoms with E-state index in [0.29, 0.717) is 17.6 Å². The second-order valence-electron chi connectivity index (χ2n) is 4.50. The summed E-state index contributed by atoms with van der Waals surface area (Å²) in [6.45, 7) is 0. The van der Waals surface area contributed by atoms with Crippen molar-refractivity contribution in [2.75, 3.05) is 0 Å². The number of Topliss-reactive ketones (excluding diaryl/α,β-unsaturated/α-hetero) is 1. The van der Waals surface area contributed by atoms with Crippen molar-refractivity contribution in [3.63, 3.8) is 0 Å². The molecule has 94 valence electrons. The molecule has 0 amide bonds. The molecule has 1 nitrogen and oxygen atoms in total. The van der Waals surface area contributed by atoms with Crippen LogP contribution in [0.5, 0.6) is 0 Å². The zero-order valence-corrected chi connectivity index (χ0v) is 9.99. The SMILES string of the molecule is O=C1/C(=C/c2cc(F)ccc2F)Cc2ccccc21. The zero-order chi connectivity index (χ0) is 13.4. The molecule has 3 rings (SSSR count). The number of carbonyl (C=O) groups excluding carboxylic acids is 1. The molecule has 0 aliphatic heterocycles. The predicted molar refractivity (Wildman–Crippen MR) is 68.8 cm³/mol. The smallest absolute Gasteiger partial charge is 0.189 e. The van der Waals surface area contributed by atoms with E-state index < -0.39 is 11.6 Å². The van der Waals surface area contributed by atoms with Crippen LogP contribution >= 0.6 is 0 Å². The first kappa shape index (κ1) is 11.8. The number of halogens is 2. The summed E-state index contributed by atoms with van der Waals surface area (Å²) in [6, 6.07) is 10.5. The first-order valence-corrected chi connectivity index (χ1v) is 5.93. The largest absolute Gasteiger partial charge is 0.289 e. The van der Waals surface area contributed by atoms with E-state index in [9.17, 15) is 13.6 Å². The second kappa shape index (κ2) is 4.43. The third kappa shape index (κ3) is 2.08. The van der Waals surface area contributed by atoms with Crippen LogP contribution in [0, 0.1) is 11.6 Å². The van der Waals surface area contributed by atoms with Crippen LogP contribution in [-0.4, -0.2) is 5.78 Å². The number of rotatable bonds is 1. The Morgan fingerprint density at radius 3 is 2.63 bits per heavy atom. The van der Waals surface area contributed by atoms with E-state index in [4.69, 9.17) is 0 Å². The molecule has 3 heteroatoms. The van der Waals surface area contributed by atoms with Crippen LogP contribution in [0.4, 0.5) is 8.78 Å². The minimum absolute atomic E-state index is 0.108. The fraction of sp³-hybridized carbons (Fsp3) is 0.0625. The molecular weight excluding hydrogens is 246 g/mol. The third-order valence-electron chi connectivity index (χ3n) is 3.22. The molecule has 0 unspecified atom stereocenters. The van der Waals surface area contributed by atoms with Crippen LogP contribution in [0.1, 0.15) is 21.5 Å². The van der Waals surface area contributed by atoms with Gasteiger partial charge in [-0.2, -0.15) is 0 Å². The summed E-state index contributed by atoms with van der Waals surface area (Å²) in [6.07, 6.45) is 1.89. The molecule has 0 bridgehead atoms. The summed E-state index contributed by atoms with van der Waals surface area (Å²) < 4.78 is 26.7. The molecule has 0 radical (unpaired) electrons. The quantitative estimate of drug-likeness (QED) is 0.709. The van der Waals surface area contributed by atoms with Gasteiger partial charge in [0.05, 0.1) is 0 Å². The third-order valence-corrected chi connectivity index (χ3v) is 3.22. The molecule has 2 aromatic rings. The van der Waals surface area contributed by atoms with Gasteiger partial charge < -0.3 is 0 Å². The minimum Gasteiger partial charge on any atom is -0.289 e. The Hall–Kier alpha value is -2.29. The second-order valence-corrected chi connectivity index (χ2v) is 4.50. The molecular formula is C16H10F2O. The number of allylic oxidation sites excluding steroid dienone is 1. The standard InChI is InChI=1S/C16H10F2O/c17-13-5-6-15(18)11(9-13)8-12-7-10-3-1-2-4-14(10)16(12)19/h1-6,8-9H,7H2/b12-8+. The van der Waals surface area contributed by atoms with Gasteiger partial charge in [0.25, 0.3) is 0 Å². The van der Waals surface area contributed by atoms with Gasteiger partial charge in [-0.3, -0.25) is 4.79 Å². The van der Waals surface area contributed by atoms with Crippen LogP contribution in [0.25, 0.3) is 6.08 Å². The van der Waals surface area contributed by atoms with Gasteiger partial charge in [-0.15, -0.1) is 0 Å². The van der Waals surface area contributed by atoms with Crippen molar-refractivity contribution in [1.82, 2.24) is 0 Å². The Morgan fingerprint density at radius 1 is 1.05 bits per heavy atom. The average molecular weight is 256 g/mol. The van der Waals surface area contributed by atoms with Crippen molar-refractivity contribution in [3.05, 3.63) is 76.4 Å². The predicted octanol–water partition coefficient (Wildman–Crippen LogP) is 3.79. The molecule has 0 fully saturated rings. The minimum atomic E-state index is -0.530. The van der Waals surface area contributed by atoms with Gasteiger partial charge in [-0.1, -0.05) is 24.3 Å². The summed E-state index contributed by atoms with van der Waals surface area (Å²) in [5, 5.41) is 0. The highest BCUT2D eigenvalue weighted by Crippen LogP contribution is 2.28. The Labute approximate surface area is 109 Å². The first-order valence-electron chi connectivity index (χ1n) is 5.93. The highest BCUT2D eigenvalue weighted by Gasteiger charge is 2.24. The van der Waals surface area contributed by atoms with E-state index in [1.807, 2.05) is 12.1 Å². The monoisotopic (exact) mass is 256 g/mol. The van der Waals surface area contributed by atoms with E-state index in [1.165, 1.54) is 6.08 Å². The van der Waals surface area contributed by atoms with E-state index in [1.54, 1.807) is 12.1 Å². The van der Waals surface area contributed by atoms with Crippen molar-refractivity contribution in [2.45, 2.75) is 6.42 Å². The number of benzene rings is 2. The van der Waals surface area contributed by atoms with E-state index in [2.05, 4.69) is 0 Å². The lowest BCUT2D eigenvalue weighted by Gasteiger charge is -1.99. The molecule has 0 saturated heterocycles. The maximum absolute atomic E-state index is 13.6. The van der Waals surface area contributed by atoms with Crippen LogP contribution in [0.2, 0.25) is 0 Å². The lowest BCUT2D eigenvalue weighted by atomic mass is 10.1. The van der Waals surface area contributed by atoms with Gasteiger partial charge in [0.15, 0.2) is 5.78 Å². The molecule has 2 aromatic carbocycles. The molecule has 1 aliphatic rings. The van der Waals surface area contributed by atoms with Crippen molar-refractivity contribution in [3.8, 4) is 0 Å². The number of hydrogen-bond donors (Lipinski definition) is 0. The average Bonchev–Trinajstić information content (AvgIpc) is 2.72. The zero-order valence-electron chi connectivity index (χ0n) is 9.99. The summed E-state index contributed by atoms with van der Waals surface area (Å²) in [5.41, 5.74) is 2.17. The van der Waals surface area contributed by atoms with Gasteiger partial charge in [-0.25, -0.2) is 8.78 Å². The van der Waals surface area contributed by atoms with E-state index in [-0.39, 0.29) is 11.3 Å². The van der Waals surface area contributed by atoms with Gasteiger partial charge in [0.1, 0.15) is 11.6 Å². The Balaban J connectivity index is 2.03. The van der Waals surface area contributed by atoms with E-state index in [0.717, 1.165) is 23.8 Å². The van der Waals surface area contributed by atoms with Crippen molar-refractivity contribution in [2.24, 2.45) is 0 Å². The Morgan fingerprint density at radius 2 is 1.84 bits per heavy atom. The van der Waals surface area contributed by atoms with Gasteiger partial charge in [0.2, 0.25) is 0 Å². The van der Waals surface area contributed by atoms with Gasteiger partial charge in [-0.05, 0) is 29.8 Å². The molecule has 0 atom stereocenters. The number of fused-ring (bicyclic) bond motifs is 1. The molecule has 0 N–H and O–H groups in total. The van der Waals surface area contributed by atoms with Gasteiger partial charge >= 0.3 is 0 Å². The summed E-state index contributed by atoms with van der Waals surface area (Å²) >= 11 is 0. The normalized spacial score (nSPS) is 15.9. The summed E-state index contributed by atoms with van der Waals surface area (Å²) in [5.74, 6) is -1.16. The Bertz CT molecular complexity index is 702. The maximum Gasteiger partial charge on any atom is 0.189 e. The molecule has 0 spiro atoms. The number of hydrogen-bond acceptors (Lipinski definition) is 1. The molecule has 0 heterocycles. The van der Waals surface area contributed by atoms with Crippen molar-refractivity contribution >= 4 is 11.9 Å². The number of carbonyl (C=O) groups is 1. The molecule has 0 aromatic heterocycles. The molecule has 1 aliphatic carbocycles.